The molecule has 22 nitrogen and oxygen atoms in total. The Hall–Kier alpha value is -3.70. The van der Waals surface area contributed by atoms with Crippen LogP contribution < -0.4 is 70.0 Å². The van der Waals surface area contributed by atoms with E-state index in [1.165, 1.54) is 6.92 Å². The molecule has 0 unspecified atom stereocenters. The molecule has 0 heterocycles. The Morgan fingerprint density at radius 1 is 0.577 bits per heavy atom. The SMILES string of the molecule is CC(=O)N[C@H](CC(=O)NCCNCCNCCNCCN)C(=O)N[C@@H](CC(=O)NCCNCCNCCNCCN)C(=O)NCCOCCN=[N+]=[N-]. The highest BCUT2D eigenvalue weighted by Gasteiger charge is 2.29. The van der Waals surface area contributed by atoms with E-state index in [4.69, 9.17) is 21.7 Å². The highest BCUT2D eigenvalue weighted by Crippen LogP contribution is 1.99. The molecule has 0 fully saturated rings. The van der Waals surface area contributed by atoms with Gasteiger partial charge < -0.3 is 74.7 Å². The van der Waals surface area contributed by atoms with E-state index in [0.717, 1.165) is 52.4 Å². The van der Waals surface area contributed by atoms with E-state index >= 15 is 0 Å². The average Bonchev–Trinajstić information content (AvgIpc) is 3.11. The lowest BCUT2D eigenvalue weighted by atomic mass is 10.1. The summed E-state index contributed by atoms with van der Waals surface area (Å²) in [4.78, 5) is 66.3. The topological polar surface area (TPSA) is 328 Å². The van der Waals surface area contributed by atoms with Crippen molar-refractivity contribution in [1.82, 2.24) is 58.5 Å². The van der Waals surface area contributed by atoms with Crippen LogP contribution in [-0.4, -0.2) is 173 Å². The maximum absolute atomic E-state index is 13.3. The van der Waals surface area contributed by atoms with Gasteiger partial charge in [0.15, 0.2) is 0 Å². The van der Waals surface area contributed by atoms with Gasteiger partial charge in [0.05, 0.1) is 26.1 Å². The Morgan fingerprint density at radius 3 is 1.42 bits per heavy atom. The van der Waals surface area contributed by atoms with Gasteiger partial charge >= 0.3 is 0 Å². The minimum Gasteiger partial charge on any atom is -0.379 e. The molecule has 0 aromatic carbocycles. The summed E-state index contributed by atoms with van der Waals surface area (Å²) in [7, 11) is 0. The van der Waals surface area contributed by atoms with Crippen LogP contribution in [0.1, 0.15) is 19.8 Å². The molecule has 0 spiro atoms. The standard InChI is InChI=1S/C30H64N16O6/c1-24(47)44-26(23-28(49)41-17-15-39-13-11-37-9-7-35-5-3-32)30(51)45-25(29(50)42-18-20-52-21-19-43-46-33)22-27(48)40-16-14-38-12-10-36-8-6-34-4-2-31/h25-26,34-39H,2-23,31-32H2,1H3,(H,40,48)(H,41,49)(H,42,50)(H,44,47)(H,45,51)/t25-,26+/m0/s1. The normalized spacial score (nSPS) is 11.9. The van der Waals surface area contributed by atoms with Gasteiger partial charge in [0, 0.05) is 130 Å². The van der Waals surface area contributed by atoms with Gasteiger partial charge in [-0.3, -0.25) is 24.0 Å². The molecule has 0 saturated heterocycles. The zero-order valence-electron chi connectivity index (χ0n) is 30.7. The second kappa shape index (κ2) is 35.7. The van der Waals surface area contributed by atoms with Gasteiger partial charge in [-0.1, -0.05) is 5.11 Å². The van der Waals surface area contributed by atoms with Crippen molar-refractivity contribution in [3.63, 3.8) is 0 Å². The van der Waals surface area contributed by atoms with Crippen LogP contribution in [-0.2, 0) is 28.7 Å². The summed E-state index contributed by atoms with van der Waals surface area (Å²) in [6, 6.07) is -2.60. The number of hydrogen-bond acceptors (Lipinski definition) is 15. The van der Waals surface area contributed by atoms with E-state index in [2.05, 4.69) is 68.5 Å². The molecule has 0 saturated carbocycles. The second-order valence-electron chi connectivity index (χ2n) is 11.4. The summed E-state index contributed by atoms with van der Waals surface area (Å²) < 4.78 is 5.29. The Labute approximate surface area is 306 Å². The summed E-state index contributed by atoms with van der Waals surface area (Å²) in [5.41, 5.74) is 19.2. The van der Waals surface area contributed by atoms with Crippen LogP contribution >= 0.6 is 0 Å². The quantitative estimate of drug-likeness (QED) is 0.0123. The molecule has 5 amide bonds. The zero-order chi connectivity index (χ0) is 38.5. The van der Waals surface area contributed by atoms with Crippen LogP contribution in [0, 0.1) is 0 Å². The Bertz CT molecular complexity index is 1020. The summed E-state index contributed by atoms with van der Waals surface area (Å²) >= 11 is 0. The maximum Gasteiger partial charge on any atom is 0.243 e. The number of rotatable bonds is 36. The Balaban J connectivity index is 4.92. The number of nitrogens with zero attached hydrogens (tertiary/aromatic N) is 3. The summed E-state index contributed by atoms with van der Waals surface area (Å²) in [5, 5.41) is 35.6. The van der Waals surface area contributed by atoms with Crippen molar-refractivity contribution in [2.45, 2.75) is 31.8 Å². The third kappa shape index (κ3) is 31.1. The molecule has 22 heteroatoms. The predicted molar refractivity (Wildman–Crippen MR) is 198 cm³/mol. The van der Waals surface area contributed by atoms with Crippen molar-refractivity contribution in [2.24, 2.45) is 16.6 Å². The number of carbonyl (C=O) groups excluding carboxylic acids is 5. The predicted octanol–water partition coefficient (Wildman–Crippen LogP) is -6.11. The smallest absolute Gasteiger partial charge is 0.243 e. The highest BCUT2D eigenvalue weighted by molar-refractivity contribution is 5.96. The Kier molecular flexibility index (Phi) is 33.2. The van der Waals surface area contributed by atoms with Crippen LogP contribution in [0.15, 0.2) is 5.11 Å². The largest absolute Gasteiger partial charge is 0.379 e. The number of nitrogens with one attached hydrogen (secondary N) is 11. The minimum atomic E-state index is -1.31. The van der Waals surface area contributed by atoms with Crippen LogP contribution in [0.2, 0.25) is 0 Å². The fourth-order valence-electron chi connectivity index (χ4n) is 4.31. The molecule has 0 aromatic heterocycles. The summed E-state index contributed by atoms with van der Waals surface area (Å²) in [6.07, 6.45) is -0.774. The molecule has 2 atom stereocenters. The van der Waals surface area contributed by atoms with Gasteiger partial charge in [0.25, 0.3) is 0 Å². The van der Waals surface area contributed by atoms with Crippen LogP contribution in [0.5, 0.6) is 0 Å². The lowest BCUT2D eigenvalue weighted by Gasteiger charge is -2.22. The molecule has 0 radical (unpaired) electrons. The van der Waals surface area contributed by atoms with E-state index in [1.54, 1.807) is 0 Å². The number of carbonyl (C=O) groups is 5. The van der Waals surface area contributed by atoms with Crippen LogP contribution in [0.4, 0.5) is 0 Å². The van der Waals surface area contributed by atoms with E-state index in [0.29, 0.717) is 45.8 Å². The van der Waals surface area contributed by atoms with Gasteiger partial charge in [-0.15, -0.1) is 0 Å². The first-order valence-electron chi connectivity index (χ1n) is 17.9. The van der Waals surface area contributed by atoms with Gasteiger partial charge in [-0.05, 0) is 5.53 Å². The summed E-state index contributed by atoms with van der Waals surface area (Å²) in [5.74, 6) is -2.99. The number of amides is 5. The maximum atomic E-state index is 13.3. The van der Waals surface area contributed by atoms with Crippen molar-refractivity contribution in [3.8, 4) is 0 Å². The molecule has 0 aliphatic rings. The molecule has 52 heavy (non-hydrogen) atoms. The van der Waals surface area contributed by atoms with E-state index in [1.807, 2.05) is 0 Å². The monoisotopic (exact) mass is 745 g/mol. The minimum absolute atomic E-state index is 0.0533. The average molecular weight is 745 g/mol. The van der Waals surface area contributed by atoms with Crippen molar-refractivity contribution in [2.75, 3.05) is 131 Å². The highest BCUT2D eigenvalue weighted by atomic mass is 16.5. The van der Waals surface area contributed by atoms with Crippen molar-refractivity contribution >= 4 is 29.5 Å². The molecule has 15 N–H and O–H groups in total. The molecule has 300 valence electrons. The van der Waals surface area contributed by atoms with Crippen molar-refractivity contribution in [1.29, 1.82) is 0 Å². The molecular formula is C30H64N16O6. The Morgan fingerprint density at radius 2 is 1.00 bits per heavy atom. The number of azide groups is 1. The lowest BCUT2D eigenvalue weighted by molar-refractivity contribution is -0.135. The molecular weight excluding hydrogens is 680 g/mol. The third-order valence-corrected chi connectivity index (χ3v) is 6.85. The van der Waals surface area contributed by atoms with Crippen molar-refractivity contribution < 1.29 is 28.7 Å². The fraction of sp³-hybridized carbons (Fsp3) is 0.833. The van der Waals surface area contributed by atoms with Gasteiger partial charge in [-0.2, -0.15) is 0 Å². The van der Waals surface area contributed by atoms with E-state index in [-0.39, 0.29) is 39.3 Å². The van der Waals surface area contributed by atoms with Crippen LogP contribution in [0.3, 0.4) is 0 Å². The fourth-order valence-corrected chi connectivity index (χ4v) is 4.31. The van der Waals surface area contributed by atoms with E-state index in [9.17, 15) is 24.0 Å². The molecule has 0 aromatic rings. The second-order valence-corrected chi connectivity index (χ2v) is 11.4. The molecule has 0 aliphatic heterocycles. The summed E-state index contributed by atoms with van der Waals surface area (Å²) in [6.45, 7) is 12.0. The number of hydrogen-bond donors (Lipinski definition) is 13. The van der Waals surface area contributed by atoms with Crippen molar-refractivity contribution in [3.05, 3.63) is 10.4 Å². The molecule has 0 rings (SSSR count). The van der Waals surface area contributed by atoms with E-state index < -0.39 is 48.0 Å². The first-order chi connectivity index (χ1) is 25.2. The lowest BCUT2D eigenvalue weighted by Crippen LogP contribution is -2.56. The third-order valence-electron chi connectivity index (χ3n) is 6.85. The molecule has 0 bridgehead atoms. The van der Waals surface area contributed by atoms with Gasteiger partial charge in [0.1, 0.15) is 12.1 Å². The number of ether oxygens (including phenoxy) is 1. The van der Waals surface area contributed by atoms with Crippen LogP contribution in [0.25, 0.3) is 10.4 Å². The first-order valence-corrected chi connectivity index (χ1v) is 17.9. The first kappa shape index (κ1) is 48.3. The zero-order valence-corrected chi connectivity index (χ0v) is 30.7. The molecule has 0 aliphatic carbocycles. The number of nitrogens with two attached hydrogens (primary N) is 2. The van der Waals surface area contributed by atoms with Gasteiger partial charge in [-0.25, -0.2) is 0 Å². The van der Waals surface area contributed by atoms with Gasteiger partial charge in [0.2, 0.25) is 29.5 Å².